The van der Waals surface area contributed by atoms with Gasteiger partial charge in [-0.05, 0) is 60.2 Å². The van der Waals surface area contributed by atoms with Crippen molar-refractivity contribution in [1.29, 1.82) is 0 Å². The third-order valence-corrected chi connectivity index (χ3v) is 4.82. The smallest absolute Gasteiger partial charge is 0.119 e. The van der Waals surface area contributed by atoms with Crippen molar-refractivity contribution >= 4 is 11.6 Å². The highest BCUT2D eigenvalue weighted by Crippen LogP contribution is 2.38. The summed E-state index contributed by atoms with van der Waals surface area (Å²) >= 11 is 6.21. The van der Waals surface area contributed by atoms with Gasteiger partial charge >= 0.3 is 0 Å². The number of methoxy groups -OCH3 is 1. The van der Waals surface area contributed by atoms with Crippen LogP contribution in [0, 0.1) is 6.92 Å². The molecule has 1 aliphatic carbocycles. The van der Waals surface area contributed by atoms with Crippen LogP contribution in [0.2, 0.25) is 5.02 Å². The minimum Gasteiger partial charge on any atom is -0.497 e. The van der Waals surface area contributed by atoms with Gasteiger partial charge in [0.15, 0.2) is 0 Å². The first-order chi connectivity index (χ1) is 10.0. The number of rotatable bonds is 2. The first kappa shape index (κ1) is 14.4. The number of benzene rings is 2. The molecule has 2 aromatic rings. The Kier molecular flexibility index (Phi) is 3.68. The quantitative estimate of drug-likeness (QED) is 0.907. The highest BCUT2D eigenvalue weighted by molar-refractivity contribution is 6.31. The fraction of sp³-hybridized carbons (Fsp3) is 0.333. The van der Waals surface area contributed by atoms with E-state index < -0.39 is 5.60 Å². The average Bonchev–Trinajstić information content (AvgIpc) is 2.49. The molecule has 1 aliphatic rings. The molecule has 0 saturated heterocycles. The standard InChI is InChI=1S/C18H19ClO2/c1-12-3-5-15(10-17(12)19)18(20)8-7-13-4-6-16(21-2)9-14(13)11-18/h3-6,9-10,20H,7-8,11H2,1-2H3. The number of ether oxygens (including phenoxy) is 1. The highest BCUT2D eigenvalue weighted by Gasteiger charge is 2.34. The van der Waals surface area contributed by atoms with Crippen LogP contribution in [0.5, 0.6) is 5.75 Å². The molecule has 0 saturated carbocycles. The molecule has 0 bridgehead atoms. The van der Waals surface area contributed by atoms with Crippen LogP contribution in [0.1, 0.15) is 28.7 Å². The molecule has 2 nitrogen and oxygen atoms in total. The van der Waals surface area contributed by atoms with Gasteiger partial charge in [-0.1, -0.05) is 29.8 Å². The van der Waals surface area contributed by atoms with E-state index in [-0.39, 0.29) is 0 Å². The Morgan fingerprint density at radius 2 is 1.95 bits per heavy atom. The summed E-state index contributed by atoms with van der Waals surface area (Å²) in [4.78, 5) is 0. The molecule has 0 heterocycles. The molecule has 1 unspecified atom stereocenters. The Morgan fingerprint density at radius 3 is 2.67 bits per heavy atom. The number of aryl methyl sites for hydroxylation is 2. The lowest BCUT2D eigenvalue weighted by atomic mass is 9.76. The van der Waals surface area contributed by atoms with E-state index in [0.29, 0.717) is 17.9 Å². The Bertz CT molecular complexity index is 681. The molecule has 110 valence electrons. The van der Waals surface area contributed by atoms with Crippen LogP contribution in [0.25, 0.3) is 0 Å². The third-order valence-electron chi connectivity index (χ3n) is 4.41. The molecule has 0 radical (unpaired) electrons. The minimum atomic E-state index is -0.850. The summed E-state index contributed by atoms with van der Waals surface area (Å²) < 4.78 is 5.29. The van der Waals surface area contributed by atoms with Crippen LogP contribution in [0.15, 0.2) is 36.4 Å². The summed E-state index contributed by atoms with van der Waals surface area (Å²) in [6.45, 7) is 1.97. The summed E-state index contributed by atoms with van der Waals surface area (Å²) in [5.74, 6) is 0.833. The zero-order valence-electron chi connectivity index (χ0n) is 12.3. The van der Waals surface area contributed by atoms with Crippen LogP contribution in [-0.2, 0) is 18.4 Å². The molecule has 3 heteroatoms. The SMILES string of the molecule is COc1ccc2c(c1)CC(O)(c1ccc(C)c(Cl)c1)CC2. The van der Waals surface area contributed by atoms with E-state index in [1.165, 1.54) is 5.56 Å². The number of halogens is 1. The zero-order valence-corrected chi connectivity index (χ0v) is 13.1. The van der Waals surface area contributed by atoms with E-state index in [2.05, 4.69) is 6.07 Å². The van der Waals surface area contributed by atoms with Gasteiger partial charge in [0.2, 0.25) is 0 Å². The fourth-order valence-corrected chi connectivity index (χ4v) is 3.19. The maximum atomic E-state index is 11.1. The van der Waals surface area contributed by atoms with Crippen LogP contribution >= 0.6 is 11.6 Å². The van der Waals surface area contributed by atoms with Crippen molar-refractivity contribution in [3.63, 3.8) is 0 Å². The van der Waals surface area contributed by atoms with Gasteiger partial charge in [-0.15, -0.1) is 0 Å². The fourth-order valence-electron chi connectivity index (χ4n) is 3.01. The first-order valence-electron chi connectivity index (χ1n) is 7.17. The topological polar surface area (TPSA) is 29.5 Å². The van der Waals surface area contributed by atoms with Crippen LogP contribution in [0.4, 0.5) is 0 Å². The summed E-state index contributed by atoms with van der Waals surface area (Å²) in [5, 5.41) is 11.8. The van der Waals surface area contributed by atoms with Gasteiger partial charge < -0.3 is 9.84 Å². The maximum Gasteiger partial charge on any atom is 0.119 e. The van der Waals surface area contributed by atoms with Crippen molar-refractivity contribution in [3.8, 4) is 5.75 Å². The second kappa shape index (κ2) is 5.36. The predicted molar refractivity (Wildman–Crippen MR) is 85.1 cm³/mol. The third kappa shape index (κ3) is 2.66. The summed E-state index contributed by atoms with van der Waals surface area (Å²) in [5.41, 5.74) is 3.52. The van der Waals surface area contributed by atoms with Gasteiger partial charge in [-0.25, -0.2) is 0 Å². The molecular weight excluding hydrogens is 284 g/mol. The lowest BCUT2D eigenvalue weighted by molar-refractivity contribution is 0.0222. The molecule has 21 heavy (non-hydrogen) atoms. The van der Waals surface area contributed by atoms with Crippen molar-refractivity contribution in [2.75, 3.05) is 7.11 Å². The van der Waals surface area contributed by atoms with Gasteiger partial charge in [-0.2, -0.15) is 0 Å². The maximum absolute atomic E-state index is 11.1. The number of hydrogen-bond acceptors (Lipinski definition) is 2. The Balaban J connectivity index is 1.97. The summed E-state index contributed by atoms with van der Waals surface area (Å²) in [6, 6.07) is 11.9. The first-order valence-corrected chi connectivity index (χ1v) is 7.54. The lowest BCUT2D eigenvalue weighted by Gasteiger charge is -2.34. The second-order valence-corrected chi connectivity index (χ2v) is 6.21. The van der Waals surface area contributed by atoms with Gasteiger partial charge in [0.05, 0.1) is 12.7 Å². The monoisotopic (exact) mass is 302 g/mol. The molecule has 3 rings (SSSR count). The molecule has 0 fully saturated rings. The molecule has 0 amide bonds. The van der Waals surface area contributed by atoms with E-state index in [0.717, 1.165) is 28.9 Å². The summed E-state index contributed by atoms with van der Waals surface area (Å²) in [7, 11) is 1.66. The van der Waals surface area contributed by atoms with Gasteiger partial charge in [-0.3, -0.25) is 0 Å². The number of aliphatic hydroxyl groups is 1. The van der Waals surface area contributed by atoms with E-state index in [1.54, 1.807) is 7.11 Å². The van der Waals surface area contributed by atoms with Crippen molar-refractivity contribution < 1.29 is 9.84 Å². The van der Waals surface area contributed by atoms with Crippen molar-refractivity contribution in [3.05, 3.63) is 63.7 Å². The van der Waals surface area contributed by atoms with E-state index in [9.17, 15) is 5.11 Å². The molecule has 1 atom stereocenters. The van der Waals surface area contributed by atoms with Crippen molar-refractivity contribution in [1.82, 2.24) is 0 Å². The minimum absolute atomic E-state index is 0.596. The van der Waals surface area contributed by atoms with Gasteiger partial charge in [0, 0.05) is 11.4 Å². The number of hydrogen-bond donors (Lipinski definition) is 1. The lowest BCUT2D eigenvalue weighted by Crippen LogP contribution is -2.33. The van der Waals surface area contributed by atoms with E-state index in [4.69, 9.17) is 16.3 Å². The molecule has 0 spiro atoms. The highest BCUT2D eigenvalue weighted by atomic mass is 35.5. The van der Waals surface area contributed by atoms with Crippen LogP contribution < -0.4 is 4.74 Å². The Labute approximate surface area is 130 Å². The molecule has 2 aromatic carbocycles. The van der Waals surface area contributed by atoms with E-state index in [1.807, 2.05) is 37.3 Å². The average molecular weight is 303 g/mol. The predicted octanol–water partition coefficient (Wildman–Crippen LogP) is 4.03. The molecular formula is C18H19ClO2. The van der Waals surface area contributed by atoms with E-state index >= 15 is 0 Å². The molecule has 0 aromatic heterocycles. The van der Waals surface area contributed by atoms with Crippen LogP contribution in [0.3, 0.4) is 0 Å². The van der Waals surface area contributed by atoms with Crippen molar-refractivity contribution in [2.45, 2.75) is 31.8 Å². The summed E-state index contributed by atoms with van der Waals surface area (Å²) in [6.07, 6.45) is 2.17. The second-order valence-electron chi connectivity index (χ2n) is 5.81. The molecule has 1 N–H and O–H groups in total. The van der Waals surface area contributed by atoms with Gasteiger partial charge in [0.1, 0.15) is 5.75 Å². The Morgan fingerprint density at radius 1 is 1.14 bits per heavy atom. The molecule has 0 aliphatic heterocycles. The van der Waals surface area contributed by atoms with Crippen molar-refractivity contribution in [2.24, 2.45) is 0 Å². The largest absolute Gasteiger partial charge is 0.497 e. The normalized spacial score (nSPS) is 21.0. The van der Waals surface area contributed by atoms with Gasteiger partial charge in [0.25, 0.3) is 0 Å². The number of fused-ring (bicyclic) bond motifs is 1. The zero-order chi connectivity index (χ0) is 15.0. The Hall–Kier alpha value is -1.51. The van der Waals surface area contributed by atoms with Crippen LogP contribution in [-0.4, -0.2) is 12.2 Å².